The van der Waals surface area contributed by atoms with Crippen LogP contribution < -0.4 is 5.32 Å². The van der Waals surface area contributed by atoms with Gasteiger partial charge < -0.3 is 10.1 Å². The van der Waals surface area contributed by atoms with Crippen molar-refractivity contribution in [2.75, 3.05) is 17.7 Å². The average molecular weight is 357 g/mol. The summed E-state index contributed by atoms with van der Waals surface area (Å²) in [7, 11) is 0. The first kappa shape index (κ1) is 19.1. The highest BCUT2D eigenvalue weighted by Crippen LogP contribution is 2.21. The molecule has 0 aromatic heterocycles. The number of ether oxygens (including phenoxy) is 1. The van der Waals surface area contributed by atoms with E-state index >= 15 is 0 Å². The molecule has 25 heavy (non-hydrogen) atoms. The fourth-order valence-corrected chi connectivity index (χ4v) is 3.23. The molecule has 0 bridgehead atoms. The number of aryl methyl sites for hydroxylation is 1. The molecule has 0 spiro atoms. The van der Waals surface area contributed by atoms with Gasteiger partial charge in [0, 0.05) is 11.4 Å². The molecule has 0 aliphatic heterocycles. The molecule has 0 saturated heterocycles. The van der Waals surface area contributed by atoms with E-state index in [0.29, 0.717) is 23.6 Å². The summed E-state index contributed by atoms with van der Waals surface area (Å²) in [6, 6.07) is 13.5. The van der Waals surface area contributed by atoms with Gasteiger partial charge in [0.2, 0.25) is 5.91 Å². The summed E-state index contributed by atoms with van der Waals surface area (Å²) >= 11 is 1.56. The van der Waals surface area contributed by atoms with Crippen molar-refractivity contribution in [3.63, 3.8) is 0 Å². The normalized spacial score (nSPS) is 10.4. The highest BCUT2D eigenvalue weighted by atomic mass is 32.2. The van der Waals surface area contributed by atoms with E-state index in [-0.39, 0.29) is 11.9 Å². The predicted octanol–water partition coefficient (Wildman–Crippen LogP) is 4.35. The first-order chi connectivity index (χ1) is 12.0. The minimum atomic E-state index is -0.370. The molecule has 0 aliphatic rings. The van der Waals surface area contributed by atoms with Gasteiger partial charge in [-0.2, -0.15) is 0 Å². The quantitative estimate of drug-likeness (QED) is 0.749. The van der Waals surface area contributed by atoms with Crippen LogP contribution in [0.15, 0.2) is 42.5 Å². The number of hydrogen-bond acceptors (Lipinski definition) is 4. The third kappa shape index (κ3) is 5.64. The Morgan fingerprint density at radius 3 is 2.60 bits per heavy atom. The molecule has 0 radical (unpaired) electrons. The smallest absolute Gasteiger partial charge is 0.338 e. The highest BCUT2D eigenvalue weighted by molar-refractivity contribution is 7.99. The first-order valence-corrected chi connectivity index (χ1v) is 9.36. The maximum Gasteiger partial charge on any atom is 0.338 e. The van der Waals surface area contributed by atoms with Gasteiger partial charge in [-0.25, -0.2) is 4.79 Å². The summed E-state index contributed by atoms with van der Waals surface area (Å²) in [5, 5.41) is 2.88. The molecule has 2 aromatic carbocycles. The van der Waals surface area contributed by atoms with E-state index in [1.807, 2.05) is 13.0 Å². The Morgan fingerprint density at radius 2 is 1.88 bits per heavy atom. The van der Waals surface area contributed by atoms with Crippen molar-refractivity contribution < 1.29 is 14.3 Å². The van der Waals surface area contributed by atoms with E-state index in [2.05, 4.69) is 30.4 Å². The largest absolute Gasteiger partial charge is 0.462 e. The molecule has 2 aromatic rings. The van der Waals surface area contributed by atoms with E-state index in [1.165, 1.54) is 11.1 Å². The average Bonchev–Trinajstić information content (AvgIpc) is 2.57. The lowest BCUT2D eigenvalue weighted by Crippen LogP contribution is -2.16. The second-order valence-electron chi connectivity index (χ2n) is 5.73. The number of nitrogens with one attached hydrogen (secondary N) is 1. The lowest BCUT2D eigenvalue weighted by atomic mass is 10.1. The number of hydrogen-bond donors (Lipinski definition) is 1. The molecule has 132 valence electrons. The van der Waals surface area contributed by atoms with Crippen molar-refractivity contribution in [2.45, 2.75) is 26.5 Å². The van der Waals surface area contributed by atoms with Gasteiger partial charge in [-0.05, 0) is 44.0 Å². The number of amides is 1. The van der Waals surface area contributed by atoms with Crippen LogP contribution in [-0.4, -0.2) is 24.2 Å². The molecule has 1 amide bonds. The Balaban J connectivity index is 1.92. The molecule has 2 rings (SSSR count). The maximum absolute atomic E-state index is 12.2. The van der Waals surface area contributed by atoms with Crippen LogP contribution in [-0.2, 0) is 15.3 Å². The van der Waals surface area contributed by atoms with E-state index in [4.69, 9.17) is 4.74 Å². The SMILES string of the molecule is CCOC(=O)c1cccc(NC(=O)CSCc2cccc(C)c2)c1C. The van der Waals surface area contributed by atoms with Gasteiger partial charge in [-0.1, -0.05) is 35.9 Å². The Kier molecular flexibility index (Phi) is 7.07. The summed E-state index contributed by atoms with van der Waals surface area (Å²) in [5.74, 6) is 0.695. The van der Waals surface area contributed by atoms with Crippen molar-refractivity contribution in [3.8, 4) is 0 Å². The summed E-state index contributed by atoms with van der Waals surface area (Å²) < 4.78 is 5.04. The molecule has 0 fully saturated rings. The number of carbonyl (C=O) groups excluding carboxylic acids is 2. The third-order valence-corrected chi connectivity index (χ3v) is 4.69. The third-order valence-electron chi connectivity index (χ3n) is 3.69. The number of carbonyl (C=O) groups is 2. The summed E-state index contributed by atoms with van der Waals surface area (Å²) in [6.45, 7) is 5.96. The van der Waals surface area contributed by atoms with Crippen LogP contribution in [0.3, 0.4) is 0 Å². The van der Waals surface area contributed by atoms with Gasteiger partial charge in [-0.3, -0.25) is 4.79 Å². The molecule has 0 aliphatic carbocycles. The number of anilines is 1. The van der Waals surface area contributed by atoms with E-state index in [1.54, 1.807) is 36.9 Å². The first-order valence-electron chi connectivity index (χ1n) is 8.21. The summed E-state index contributed by atoms with van der Waals surface area (Å²) in [5.41, 5.74) is 4.27. The number of thioether (sulfide) groups is 1. The molecule has 0 unspecified atom stereocenters. The van der Waals surface area contributed by atoms with Crippen LogP contribution in [0, 0.1) is 13.8 Å². The van der Waals surface area contributed by atoms with Crippen LogP contribution in [0.2, 0.25) is 0 Å². The van der Waals surface area contributed by atoms with E-state index in [0.717, 1.165) is 11.3 Å². The molecule has 0 atom stereocenters. The van der Waals surface area contributed by atoms with Gasteiger partial charge in [0.15, 0.2) is 0 Å². The zero-order valence-electron chi connectivity index (χ0n) is 14.8. The van der Waals surface area contributed by atoms with Crippen LogP contribution >= 0.6 is 11.8 Å². The van der Waals surface area contributed by atoms with Crippen LogP contribution in [0.5, 0.6) is 0 Å². The zero-order valence-corrected chi connectivity index (χ0v) is 15.6. The molecule has 5 heteroatoms. The number of benzene rings is 2. The Morgan fingerprint density at radius 1 is 1.12 bits per heavy atom. The molecular weight excluding hydrogens is 334 g/mol. The Labute approximate surface area is 153 Å². The van der Waals surface area contributed by atoms with Crippen LogP contribution in [0.4, 0.5) is 5.69 Å². The maximum atomic E-state index is 12.2. The lowest BCUT2D eigenvalue weighted by molar-refractivity contribution is -0.113. The highest BCUT2D eigenvalue weighted by Gasteiger charge is 2.14. The second-order valence-corrected chi connectivity index (χ2v) is 6.71. The number of esters is 1. The fourth-order valence-electron chi connectivity index (χ4n) is 2.45. The monoisotopic (exact) mass is 357 g/mol. The minimum Gasteiger partial charge on any atom is -0.462 e. The number of rotatable bonds is 7. The lowest BCUT2D eigenvalue weighted by Gasteiger charge is -2.12. The van der Waals surface area contributed by atoms with Crippen molar-refractivity contribution in [1.29, 1.82) is 0 Å². The summed E-state index contributed by atoms with van der Waals surface area (Å²) in [6.07, 6.45) is 0. The standard InChI is InChI=1S/C20H23NO3S/c1-4-24-20(23)17-9-6-10-18(15(17)3)21-19(22)13-25-12-16-8-5-7-14(2)11-16/h5-11H,4,12-13H2,1-3H3,(H,21,22). The van der Waals surface area contributed by atoms with Gasteiger partial charge in [0.25, 0.3) is 0 Å². The predicted molar refractivity (Wildman–Crippen MR) is 103 cm³/mol. The Bertz CT molecular complexity index is 758. The van der Waals surface area contributed by atoms with Crippen LogP contribution in [0.25, 0.3) is 0 Å². The van der Waals surface area contributed by atoms with Gasteiger partial charge in [0.1, 0.15) is 0 Å². The van der Waals surface area contributed by atoms with Gasteiger partial charge in [0.05, 0.1) is 17.9 Å². The topological polar surface area (TPSA) is 55.4 Å². The van der Waals surface area contributed by atoms with Gasteiger partial charge in [-0.15, -0.1) is 11.8 Å². The van der Waals surface area contributed by atoms with Gasteiger partial charge >= 0.3 is 5.97 Å². The molecule has 0 saturated carbocycles. The Hall–Kier alpha value is -2.27. The van der Waals surface area contributed by atoms with Crippen molar-refractivity contribution in [3.05, 3.63) is 64.7 Å². The zero-order chi connectivity index (χ0) is 18.2. The molecular formula is C20H23NO3S. The second kappa shape index (κ2) is 9.28. The van der Waals surface area contributed by atoms with Crippen molar-refractivity contribution >= 4 is 29.3 Å². The van der Waals surface area contributed by atoms with E-state index in [9.17, 15) is 9.59 Å². The van der Waals surface area contributed by atoms with E-state index < -0.39 is 0 Å². The van der Waals surface area contributed by atoms with Crippen LogP contribution in [0.1, 0.15) is 34.0 Å². The molecule has 1 N–H and O–H groups in total. The van der Waals surface area contributed by atoms with Crippen molar-refractivity contribution in [2.24, 2.45) is 0 Å². The molecule has 4 nitrogen and oxygen atoms in total. The minimum absolute atomic E-state index is 0.0817. The van der Waals surface area contributed by atoms with Crippen molar-refractivity contribution in [1.82, 2.24) is 0 Å². The fraction of sp³-hybridized carbons (Fsp3) is 0.300. The summed E-state index contributed by atoms with van der Waals surface area (Å²) in [4.78, 5) is 24.1. The molecule has 0 heterocycles.